The monoisotopic (exact) mass is 895 g/mol. The number of aromatic hydroxyl groups is 1. The number of allylic oxidation sites excluding steroid dienone is 4. The molecule has 3 heterocycles. The van der Waals surface area contributed by atoms with Crippen LogP contribution in [0.2, 0.25) is 0 Å². The quantitative estimate of drug-likeness (QED) is 0.154. The average Bonchev–Trinajstić information content (AvgIpc) is 3.81. The predicted molar refractivity (Wildman–Crippen MR) is 287 cm³/mol. The maximum Gasteiger partial charge on any atom is 0.164 e. The third-order valence-corrected chi connectivity index (χ3v) is 13.3. The van der Waals surface area contributed by atoms with Crippen molar-refractivity contribution >= 4 is 54.8 Å². The number of hydrogen-bond acceptors (Lipinski definition) is 4. The maximum atomic E-state index is 11.8. The minimum atomic E-state index is 0.0963. The van der Waals surface area contributed by atoms with Gasteiger partial charge >= 0.3 is 0 Å². The number of phenols is 1. The highest BCUT2D eigenvalue weighted by Crippen LogP contribution is 2.41. The Morgan fingerprint density at radius 1 is 0.400 bits per heavy atom. The standard InChI is InChI=1S/C64H41N5O/c70-60-31-17-29-52(64-66-62(42-18-5-1-6-19-42)65-63(67-64)43-20-7-2-8-21-43)61(60)48-23-14-13-22-44(38-48)45-32-36-58-54(40-45)55-41-47(34-37-59(55)69(58)50-26-11-4-12-27-50)46-33-35-57-53(39-46)51-28-15-16-30-56(51)68(57)49-24-9-3-10-25-49/h1-12,15-22,24-41,70H,13H2. The molecule has 0 radical (unpaired) electrons. The van der Waals surface area contributed by atoms with Gasteiger partial charge in [0.15, 0.2) is 17.5 Å². The van der Waals surface area contributed by atoms with Crippen molar-refractivity contribution in [2.75, 3.05) is 0 Å². The van der Waals surface area contributed by atoms with Crippen molar-refractivity contribution in [2.45, 2.75) is 6.42 Å². The Hall–Kier alpha value is -9.57. The van der Waals surface area contributed by atoms with Gasteiger partial charge in [-0.3, -0.25) is 0 Å². The highest BCUT2D eigenvalue weighted by atomic mass is 16.3. The van der Waals surface area contributed by atoms with E-state index in [1.54, 1.807) is 6.07 Å². The van der Waals surface area contributed by atoms with E-state index >= 15 is 0 Å². The van der Waals surface area contributed by atoms with Crippen molar-refractivity contribution in [1.29, 1.82) is 0 Å². The lowest BCUT2D eigenvalue weighted by Crippen LogP contribution is -2.02. The minimum absolute atomic E-state index is 0.0963. The summed E-state index contributed by atoms with van der Waals surface area (Å²) in [5.74, 6) is 8.41. The molecule has 0 atom stereocenters. The summed E-state index contributed by atoms with van der Waals surface area (Å²) in [5, 5.41) is 16.5. The van der Waals surface area contributed by atoms with E-state index in [0.717, 1.165) is 66.6 Å². The molecule has 3 aromatic heterocycles. The van der Waals surface area contributed by atoms with Crippen molar-refractivity contribution < 1.29 is 5.11 Å². The second kappa shape index (κ2) is 16.9. The molecule has 0 bridgehead atoms. The Labute approximate surface area is 404 Å². The third-order valence-electron chi connectivity index (χ3n) is 13.3. The third kappa shape index (κ3) is 7.04. The zero-order chi connectivity index (χ0) is 46.5. The van der Waals surface area contributed by atoms with Gasteiger partial charge in [-0.2, -0.15) is 0 Å². The molecule has 0 saturated carbocycles. The Morgan fingerprint density at radius 2 is 0.871 bits per heavy atom. The number of aromatic nitrogens is 5. The van der Waals surface area contributed by atoms with E-state index in [2.05, 4.69) is 173 Å². The molecule has 12 aromatic rings. The summed E-state index contributed by atoms with van der Waals surface area (Å²) < 4.78 is 4.72. The first kappa shape index (κ1) is 40.7. The Morgan fingerprint density at radius 3 is 1.46 bits per heavy atom. The lowest BCUT2D eigenvalue weighted by molar-refractivity contribution is 0.474. The van der Waals surface area contributed by atoms with E-state index in [-0.39, 0.29) is 5.75 Å². The van der Waals surface area contributed by atoms with Crippen molar-refractivity contribution in [3.63, 3.8) is 0 Å². The molecule has 0 amide bonds. The van der Waals surface area contributed by atoms with Crippen LogP contribution in [0.1, 0.15) is 17.5 Å². The maximum absolute atomic E-state index is 11.8. The number of rotatable bonds is 8. The topological polar surface area (TPSA) is 68.8 Å². The molecule has 0 unspecified atom stereocenters. The number of hydrogen-bond donors (Lipinski definition) is 1. The van der Waals surface area contributed by atoms with Gasteiger partial charge in [-0.1, -0.05) is 164 Å². The van der Waals surface area contributed by atoms with Gasteiger partial charge in [-0.25, -0.2) is 15.0 Å². The van der Waals surface area contributed by atoms with Gasteiger partial charge < -0.3 is 14.2 Å². The van der Waals surface area contributed by atoms with Crippen molar-refractivity contribution in [3.8, 4) is 74.3 Å². The lowest BCUT2D eigenvalue weighted by atomic mass is 9.94. The van der Waals surface area contributed by atoms with Crippen LogP contribution < -0.4 is 0 Å². The molecule has 70 heavy (non-hydrogen) atoms. The van der Waals surface area contributed by atoms with Crippen molar-refractivity contribution in [3.05, 3.63) is 242 Å². The molecule has 0 fully saturated rings. The van der Waals surface area contributed by atoms with Crippen LogP contribution in [0.5, 0.6) is 5.75 Å². The van der Waals surface area contributed by atoms with Gasteiger partial charge in [0.1, 0.15) is 5.75 Å². The van der Waals surface area contributed by atoms with E-state index in [0.29, 0.717) is 40.6 Å². The molecule has 1 N–H and O–H groups in total. The van der Waals surface area contributed by atoms with Gasteiger partial charge in [0.2, 0.25) is 0 Å². The first-order valence-corrected chi connectivity index (χ1v) is 23.5. The summed E-state index contributed by atoms with van der Waals surface area (Å²) in [6.45, 7) is 0. The average molecular weight is 896 g/mol. The van der Waals surface area contributed by atoms with Crippen molar-refractivity contribution in [1.82, 2.24) is 24.1 Å². The molecule has 1 aliphatic rings. The Bertz CT molecular complexity index is 4080. The van der Waals surface area contributed by atoms with Crippen LogP contribution in [0.15, 0.2) is 231 Å². The van der Waals surface area contributed by atoms with E-state index in [1.165, 1.54) is 21.8 Å². The second-order valence-electron chi connectivity index (χ2n) is 17.5. The second-order valence-corrected chi connectivity index (χ2v) is 17.5. The fraction of sp³-hybridized carbons (Fsp3) is 0.0156. The number of nitrogens with zero attached hydrogens (tertiary/aromatic N) is 5. The van der Waals surface area contributed by atoms with E-state index in [9.17, 15) is 5.11 Å². The zero-order valence-electron chi connectivity index (χ0n) is 37.8. The van der Waals surface area contributed by atoms with Crippen LogP contribution in [0.4, 0.5) is 0 Å². The van der Waals surface area contributed by atoms with Crippen LogP contribution in [0.3, 0.4) is 0 Å². The van der Waals surface area contributed by atoms with Crippen LogP contribution in [0.25, 0.3) is 111 Å². The smallest absolute Gasteiger partial charge is 0.164 e. The molecular formula is C64H41N5O. The molecule has 0 saturated heterocycles. The van der Waals surface area contributed by atoms with E-state index < -0.39 is 0 Å². The fourth-order valence-corrected chi connectivity index (χ4v) is 10.1. The van der Waals surface area contributed by atoms with Crippen LogP contribution in [0, 0.1) is 11.8 Å². The number of benzene rings is 9. The normalized spacial score (nSPS) is 12.5. The first-order valence-electron chi connectivity index (χ1n) is 23.5. The molecule has 0 spiro atoms. The van der Waals surface area contributed by atoms with E-state index in [4.69, 9.17) is 15.0 Å². The van der Waals surface area contributed by atoms with Crippen LogP contribution in [-0.4, -0.2) is 29.2 Å². The highest BCUT2D eigenvalue weighted by molar-refractivity contribution is 6.13. The Kier molecular flexibility index (Phi) is 9.85. The number of para-hydroxylation sites is 3. The van der Waals surface area contributed by atoms with Gasteiger partial charge in [0, 0.05) is 67.2 Å². The fourth-order valence-electron chi connectivity index (χ4n) is 10.1. The van der Waals surface area contributed by atoms with Gasteiger partial charge in [-0.05, 0) is 101 Å². The predicted octanol–water partition coefficient (Wildman–Crippen LogP) is 15.3. The van der Waals surface area contributed by atoms with E-state index in [1.807, 2.05) is 72.8 Å². The number of phenolic OH excluding ortho intramolecular Hbond substituents is 1. The molecular weight excluding hydrogens is 855 g/mol. The molecule has 9 aromatic carbocycles. The molecule has 328 valence electrons. The van der Waals surface area contributed by atoms with Crippen LogP contribution >= 0.6 is 0 Å². The summed E-state index contributed by atoms with van der Waals surface area (Å²) in [6, 6.07) is 75.6. The highest BCUT2D eigenvalue weighted by Gasteiger charge is 2.21. The molecule has 0 aliphatic heterocycles. The SMILES string of the molecule is Oc1cccc(-c2nc(-c3ccccc3)nc(-c3ccccc3)n2)c1C1=CC(c2ccc3c(c2)c2cc(-c4ccc5c(c4)c4ccccc4n5-c4ccccc4)ccc2n3-c2ccccc2)=CCC#C1. The summed E-state index contributed by atoms with van der Waals surface area (Å²) in [4.78, 5) is 15.0. The number of fused-ring (bicyclic) bond motifs is 6. The summed E-state index contributed by atoms with van der Waals surface area (Å²) in [5.41, 5.74) is 14.8. The lowest BCUT2D eigenvalue weighted by Gasteiger charge is -2.14. The largest absolute Gasteiger partial charge is 0.507 e. The Balaban J connectivity index is 0.948. The molecule has 6 heteroatoms. The van der Waals surface area contributed by atoms with Gasteiger partial charge in [-0.15, -0.1) is 0 Å². The summed E-state index contributed by atoms with van der Waals surface area (Å²) >= 11 is 0. The van der Waals surface area contributed by atoms with Gasteiger partial charge in [0.05, 0.1) is 22.1 Å². The molecule has 13 rings (SSSR count). The van der Waals surface area contributed by atoms with Crippen LogP contribution in [-0.2, 0) is 0 Å². The summed E-state index contributed by atoms with van der Waals surface area (Å²) in [7, 11) is 0. The first-order chi connectivity index (χ1) is 34.6. The minimum Gasteiger partial charge on any atom is -0.507 e. The summed E-state index contributed by atoms with van der Waals surface area (Å²) in [6.07, 6.45) is 4.81. The zero-order valence-corrected chi connectivity index (χ0v) is 37.8. The molecule has 6 nitrogen and oxygen atoms in total. The molecule has 1 aliphatic carbocycles. The van der Waals surface area contributed by atoms with Gasteiger partial charge in [0.25, 0.3) is 0 Å². The van der Waals surface area contributed by atoms with Crippen molar-refractivity contribution in [2.24, 2.45) is 0 Å².